The Morgan fingerprint density at radius 2 is 1.96 bits per heavy atom. The van der Waals surface area contributed by atoms with Crippen molar-refractivity contribution in [2.24, 2.45) is 0 Å². The number of aromatic nitrogens is 3. The van der Waals surface area contributed by atoms with Gasteiger partial charge >= 0.3 is 0 Å². The summed E-state index contributed by atoms with van der Waals surface area (Å²) < 4.78 is 0. The zero-order valence-electron chi connectivity index (χ0n) is 16.2. The number of carbonyl (C=O) groups is 1. The van der Waals surface area contributed by atoms with Gasteiger partial charge in [0.1, 0.15) is 0 Å². The van der Waals surface area contributed by atoms with Crippen LogP contribution in [0.15, 0.2) is 48.8 Å². The molecule has 0 bridgehead atoms. The Labute approximate surface area is 165 Å². The Balaban J connectivity index is 1.47. The highest BCUT2D eigenvalue weighted by molar-refractivity contribution is 5.86. The number of ketones is 1. The average Bonchev–Trinajstić information content (AvgIpc) is 2.92. The van der Waals surface area contributed by atoms with E-state index in [1.807, 2.05) is 36.5 Å². The smallest absolute Gasteiger partial charge is 0.152 e. The van der Waals surface area contributed by atoms with Crippen LogP contribution in [0.5, 0.6) is 0 Å². The summed E-state index contributed by atoms with van der Waals surface area (Å²) in [6.07, 6.45) is 5.05. The van der Waals surface area contributed by atoms with E-state index in [1.54, 1.807) is 6.20 Å². The quantitative estimate of drug-likeness (QED) is 0.683. The van der Waals surface area contributed by atoms with Crippen molar-refractivity contribution >= 4 is 16.7 Å². The van der Waals surface area contributed by atoms with Crippen LogP contribution in [0.1, 0.15) is 12.1 Å². The Bertz CT molecular complexity index is 960. The first kappa shape index (κ1) is 18.7. The van der Waals surface area contributed by atoms with E-state index in [9.17, 15) is 4.79 Å². The van der Waals surface area contributed by atoms with Crippen LogP contribution in [-0.2, 0) is 11.2 Å². The zero-order chi connectivity index (χ0) is 19.3. The summed E-state index contributed by atoms with van der Waals surface area (Å²) in [5.74, 6) is 0.196. The molecule has 6 heteroatoms. The topological polar surface area (TPSA) is 62.2 Å². The van der Waals surface area contributed by atoms with Gasteiger partial charge in [0, 0.05) is 36.4 Å². The Hall–Kier alpha value is -2.70. The summed E-state index contributed by atoms with van der Waals surface area (Å²) in [5, 5.41) is 9.56. The van der Waals surface area contributed by atoms with Crippen molar-refractivity contribution in [3.05, 3.63) is 54.5 Å². The van der Waals surface area contributed by atoms with E-state index in [1.165, 1.54) is 0 Å². The average molecular weight is 375 g/mol. The lowest BCUT2D eigenvalue weighted by Gasteiger charge is -2.18. The summed E-state index contributed by atoms with van der Waals surface area (Å²) >= 11 is 0. The maximum Gasteiger partial charge on any atom is 0.152 e. The van der Waals surface area contributed by atoms with E-state index >= 15 is 0 Å². The minimum Gasteiger partial charge on any atom is -0.305 e. The number of hydrogen-bond acceptors (Lipinski definition) is 6. The SMILES string of the molecule is CN1CCCN(CC(=O)Cc2cc3cc(-c4cccnc4)ccc3nn2)CC1. The van der Waals surface area contributed by atoms with E-state index in [-0.39, 0.29) is 5.78 Å². The van der Waals surface area contributed by atoms with E-state index in [0.717, 1.165) is 60.3 Å². The number of rotatable bonds is 5. The number of benzene rings is 1. The predicted molar refractivity (Wildman–Crippen MR) is 110 cm³/mol. The summed E-state index contributed by atoms with van der Waals surface area (Å²) in [6.45, 7) is 4.53. The number of nitrogens with zero attached hydrogens (tertiary/aromatic N) is 5. The molecular weight excluding hydrogens is 350 g/mol. The molecule has 28 heavy (non-hydrogen) atoms. The van der Waals surface area contributed by atoms with Crippen LogP contribution < -0.4 is 0 Å². The molecule has 0 spiro atoms. The molecular formula is C22H25N5O. The third-order valence-electron chi connectivity index (χ3n) is 5.22. The zero-order valence-corrected chi connectivity index (χ0v) is 16.2. The Kier molecular flexibility index (Phi) is 5.69. The summed E-state index contributed by atoms with van der Waals surface area (Å²) in [6, 6.07) is 12.0. The first-order chi connectivity index (χ1) is 13.7. The Morgan fingerprint density at radius 3 is 2.82 bits per heavy atom. The molecule has 2 aromatic heterocycles. The second-order valence-electron chi connectivity index (χ2n) is 7.50. The number of pyridine rings is 1. The largest absolute Gasteiger partial charge is 0.305 e. The highest BCUT2D eigenvalue weighted by atomic mass is 16.1. The minimum absolute atomic E-state index is 0.196. The highest BCUT2D eigenvalue weighted by Crippen LogP contribution is 2.23. The van der Waals surface area contributed by atoms with E-state index in [0.29, 0.717) is 13.0 Å². The molecule has 0 radical (unpaired) electrons. The van der Waals surface area contributed by atoms with Crippen molar-refractivity contribution < 1.29 is 4.79 Å². The molecule has 0 amide bonds. The fourth-order valence-corrected chi connectivity index (χ4v) is 3.65. The first-order valence-electron chi connectivity index (χ1n) is 9.77. The van der Waals surface area contributed by atoms with Gasteiger partial charge in [0.2, 0.25) is 0 Å². The molecule has 0 atom stereocenters. The monoisotopic (exact) mass is 375 g/mol. The van der Waals surface area contributed by atoms with Crippen LogP contribution >= 0.6 is 0 Å². The molecule has 144 valence electrons. The summed E-state index contributed by atoms with van der Waals surface area (Å²) in [5.41, 5.74) is 3.71. The van der Waals surface area contributed by atoms with Gasteiger partial charge in [0.25, 0.3) is 0 Å². The van der Waals surface area contributed by atoms with Gasteiger partial charge in [-0.3, -0.25) is 14.7 Å². The fraction of sp³-hybridized carbons (Fsp3) is 0.364. The van der Waals surface area contributed by atoms with Gasteiger partial charge in [0.05, 0.1) is 24.2 Å². The second kappa shape index (κ2) is 8.54. The van der Waals surface area contributed by atoms with Gasteiger partial charge in [-0.1, -0.05) is 12.1 Å². The molecule has 0 saturated carbocycles. The molecule has 1 aliphatic heterocycles. The van der Waals surface area contributed by atoms with Crippen LogP contribution in [0.25, 0.3) is 22.0 Å². The van der Waals surface area contributed by atoms with E-state index in [2.05, 4.69) is 38.1 Å². The van der Waals surface area contributed by atoms with Crippen LogP contribution in [0.2, 0.25) is 0 Å². The lowest BCUT2D eigenvalue weighted by atomic mass is 10.0. The van der Waals surface area contributed by atoms with Gasteiger partial charge < -0.3 is 4.90 Å². The maximum atomic E-state index is 12.6. The van der Waals surface area contributed by atoms with Crippen LogP contribution in [0.4, 0.5) is 0 Å². The molecule has 6 nitrogen and oxygen atoms in total. The lowest BCUT2D eigenvalue weighted by molar-refractivity contribution is -0.119. The molecule has 0 unspecified atom stereocenters. The van der Waals surface area contributed by atoms with E-state index < -0.39 is 0 Å². The molecule has 1 aromatic carbocycles. The number of Topliss-reactive ketones (excluding diaryl/α,β-unsaturated/α-hetero) is 1. The van der Waals surface area contributed by atoms with Gasteiger partial charge in [-0.25, -0.2) is 0 Å². The van der Waals surface area contributed by atoms with Crippen molar-refractivity contribution in [1.82, 2.24) is 25.0 Å². The minimum atomic E-state index is 0.196. The summed E-state index contributed by atoms with van der Waals surface area (Å²) in [7, 11) is 2.13. The number of hydrogen-bond donors (Lipinski definition) is 0. The van der Waals surface area contributed by atoms with Crippen LogP contribution in [0, 0.1) is 0 Å². The highest BCUT2D eigenvalue weighted by Gasteiger charge is 2.16. The molecule has 1 saturated heterocycles. The normalized spacial score (nSPS) is 16.2. The van der Waals surface area contributed by atoms with Crippen LogP contribution in [-0.4, -0.2) is 70.5 Å². The molecule has 1 aliphatic rings. The van der Waals surface area contributed by atoms with Gasteiger partial charge in [-0.15, -0.1) is 0 Å². The lowest BCUT2D eigenvalue weighted by Crippen LogP contribution is -2.34. The molecule has 0 N–H and O–H groups in total. The number of fused-ring (bicyclic) bond motifs is 1. The fourth-order valence-electron chi connectivity index (χ4n) is 3.65. The molecule has 3 aromatic rings. The Morgan fingerprint density at radius 1 is 1.04 bits per heavy atom. The van der Waals surface area contributed by atoms with Crippen molar-refractivity contribution in [2.45, 2.75) is 12.8 Å². The number of likely N-dealkylation sites (N-methyl/N-ethyl adjacent to an activating group) is 1. The van der Waals surface area contributed by atoms with Gasteiger partial charge in [-0.05, 0) is 56.4 Å². The van der Waals surface area contributed by atoms with E-state index in [4.69, 9.17) is 0 Å². The standard InChI is InChI=1S/C22H25N5O/c1-26-8-3-9-27(11-10-26)16-21(28)14-20-13-19-12-17(5-6-22(19)25-24-20)18-4-2-7-23-15-18/h2,4-7,12-13,15H,3,8-11,14,16H2,1H3. The van der Waals surface area contributed by atoms with Crippen molar-refractivity contribution in [1.29, 1.82) is 0 Å². The van der Waals surface area contributed by atoms with Crippen molar-refractivity contribution in [2.75, 3.05) is 39.8 Å². The number of carbonyl (C=O) groups excluding carboxylic acids is 1. The predicted octanol–water partition coefficient (Wildman–Crippen LogP) is 2.44. The first-order valence-corrected chi connectivity index (χ1v) is 9.77. The molecule has 1 fully saturated rings. The van der Waals surface area contributed by atoms with Gasteiger partial charge in [0.15, 0.2) is 5.78 Å². The molecule has 4 rings (SSSR count). The molecule has 0 aliphatic carbocycles. The molecule has 3 heterocycles. The third-order valence-corrected chi connectivity index (χ3v) is 5.22. The van der Waals surface area contributed by atoms with Crippen molar-refractivity contribution in [3.8, 4) is 11.1 Å². The van der Waals surface area contributed by atoms with Gasteiger partial charge in [-0.2, -0.15) is 10.2 Å². The van der Waals surface area contributed by atoms with Crippen molar-refractivity contribution in [3.63, 3.8) is 0 Å². The summed E-state index contributed by atoms with van der Waals surface area (Å²) in [4.78, 5) is 21.3. The maximum absolute atomic E-state index is 12.6. The van der Waals surface area contributed by atoms with Crippen LogP contribution in [0.3, 0.4) is 0 Å². The second-order valence-corrected chi connectivity index (χ2v) is 7.50. The third kappa shape index (κ3) is 4.58.